The van der Waals surface area contributed by atoms with E-state index in [9.17, 15) is 4.79 Å². The predicted octanol–water partition coefficient (Wildman–Crippen LogP) is 4.60. The van der Waals surface area contributed by atoms with Gasteiger partial charge in [-0.2, -0.15) is 0 Å². The Kier molecular flexibility index (Phi) is 4.67. The van der Waals surface area contributed by atoms with Crippen molar-refractivity contribution >= 4 is 17.2 Å². The molecule has 1 fully saturated rings. The molecular formula is C18H24N2OS. The highest BCUT2D eigenvalue weighted by Crippen LogP contribution is 2.32. The molecule has 1 aliphatic carbocycles. The Balaban J connectivity index is 1.74. The number of nitrogens with zero attached hydrogens (tertiary/aromatic N) is 1. The molecule has 1 amide bonds. The molecule has 2 heterocycles. The van der Waals surface area contributed by atoms with Gasteiger partial charge in [-0.05, 0) is 44.2 Å². The number of thiophene rings is 1. The van der Waals surface area contributed by atoms with Crippen molar-refractivity contribution in [2.75, 3.05) is 0 Å². The Labute approximate surface area is 136 Å². The maximum atomic E-state index is 12.5. The van der Waals surface area contributed by atoms with Crippen molar-refractivity contribution in [3.8, 4) is 0 Å². The minimum absolute atomic E-state index is 0.0450. The lowest BCUT2D eigenvalue weighted by Gasteiger charge is -2.26. The summed E-state index contributed by atoms with van der Waals surface area (Å²) in [6, 6.07) is 6.69. The van der Waals surface area contributed by atoms with Crippen LogP contribution in [0.2, 0.25) is 0 Å². The molecule has 4 heteroatoms. The first-order chi connectivity index (χ1) is 10.7. The first-order valence-corrected chi connectivity index (χ1v) is 9.04. The van der Waals surface area contributed by atoms with Crippen molar-refractivity contribution in [2.45, 2.75) is 58.5 Å². The number of carbonyl (C=O) groups is 1. The number of rotatable bonds is 4. The lowest BCUT2D eigenvalue weighted by atomic mass is 9.95. The van der Waals surface area contributed by atoms with Crippen LogP contribution in [0.25, 0.3) is 0 Å². The van der Waals surface area contributed by atoms with Crippen LogP contribution in [0.1, 0.15) is 64.8 Å². The molecule has 3 nitrogen and oxygen atoms in total. The first kappa shape index (κ1) is 15.3. The zero-order valence-electron chi connectivity index (χ0n) is 13.4. The Hall–Kier alpha value is -1.55. The average Bonchev–Trinajstić information content (AvgIpc) is 3.14. The van der Waals surface area contributed by atoms with Crippen LogP contribution in [0.4, 0.5) is 0 Å². The van der Waals surface area contributed by atoms with E-state index in [1.54, 1.807) is 11.3 Å². The second-order valence-electron chi connectivity index (χ2n) is 6.21. The second kappa shape index (κ2) is 6.69. The number of nitrogens with one attached hydrogen (secondary N) is 1. The molecule has 3 rings (SSSR count). The molecule has 1 aliphatic rings. The quantitative estimate of drug-likeness (QED) is 0.878. The van der Waals surface area contributed by atoms with Gasteiger partial charge in [0, 0.05) is 22.3 Å². The van der Waals surface area contributed by atoms with Crippen molar-refractivity contribution in [3.05, 3.63) is 45.4 Å². The van der Waals surface area contributed by atoms with Gasteiger partial charge in [0.05, 0.1) is 12.1 Å². The van der Waals surface area contributed by atoms with E-state index in [4.69, 9.17) is 0 Å². The monoisotopic (exact) mass is 316 g/mol. The van der Waals surface area contributed by atoms with Gasteiger partial charge in [0.25, 0.3) is 5.91 Å². The highest BCUT2D eigenvalue weighted by Gasteiger charge is 2.22. The van der Waals surface area contributed by atoms with Crippen LogP contribution in [0.15, 0.2) is 23.6 Å². The average molecular weight is 316 g/mol. The van der Waals surface area contributed by atoms with E-state index in [0.717, 1.165) is 11.3 Å². The van der Waals surface area contributed by atoms with Crippen molar-refractivity contribution in [1.29, 1.82) is 0 Å². The van der Waals surface area contributed by atoms with E-state index >= 15 is 0 Å². The molecule has 0 bridgehead atoms. The normalized spacial score (nSPS) is 15.9. The fraction of sp³-hybridized carbons (Fsp3) is 0.500. The second-order valence-corrected chi connectivity index (χ2v) is 7.24. The fourth-order valence-corrected chi connectivity index (χ4v) is 4.23. The Morgan fingerprint density at radius 1 is 1.32 bits per heavy atom. The molecule has 0 aromatic carbocycles. The molecule has 1 N–H and O–H groups in total. The summed E-state index contributed by atoms with van der Waals surface area (Å²) < 4.78 is 2.39. The van der Waals surface area contributed by atoms with E-state index in [1.807, 2.05) is 17.5 Å². The summed E-state index contributed by atoms with van der Waals surface area (Å²) in [5, 5.41) is 5.08. The van der Waals surface area contributed by atoms with Gasteiger partial charge in [-0.1, -0.05) is 25.3 Å². The molecule has 118 valence electrons. The van der Waals surface area contributed by atoms with Gasteiger partial charge in [-0.25, -0.2) is 0 Å². The number of hydrogen-bond acceptors (Lipinski definition) is 2. The van der Waals surface area contributed by atoms with E-state index in [0.29, 0.717) is 12.6 Å². The molecule has 2 aromatic heterocycles. The van der Waals surface area contributed by atoms with Crippen LogP contribution < -0.4 is 5.32 Å². The van der Waals surface area contributed by atoms with Crippen molar-refractivity contribution in [1.82, 2.24) is 9.88 Å². The lowest BCUT2D eigenvalue weighted by molar-refractivity contribution is 0.0950. The SMILES string of the molecule is Cc1cc(C(=O)NCc2cccs2)c(C)n1C1CCCCC1. The molecule has 0 atom stereocenters. The first-order valence-electron chi connectivity index (χ1n) is 8.16. The summed E-state index contributed by atoms with van der Waals surface area (Å²) in [4.78, 5) is 13.7. The summed E-state index contributed by atoms with van der Waals surface area (Å²) in [6.45, 7) is 4.82. The standard InChI is InChI=1S/C18H24N2OS/c1-13-11-17(18(21)19-12-16-9-6-10-22-16)14(2)20(13)15-7-4-3-5-8-15/h6,9-11,15H,3-5,7-8,12H2,1-2H3,(H,19,21). The molecule has 22 heavy (non-hydrogen) atoms. The summed E-state index contributed by atoms with van der Waals surface area (Å²) >= 11 is 1.68. The molecule has 0 radical (unpaired) electrons. The molecule has 2 aromatic rings. The molecule has 0 unspecified atom stereocenters. The maximum absolute atomic E-state index is 12.5. The van der Waals surface area contributed by atoms with Crippen LogP contribution >= 0.6 is 11.3 Å². The number of aryl methyl sites for hydroxylation is 1. The van der Waals surface area contributed by atoms with Gasteiger partial charge in [0.1, 0.15) is 0 Å². The molecule has 1 saturated carbocycles. The maximum Gasteiger partial charge on any atom is 0.253 e. The smallest absolute Gasteiger partial charge is 0.253 e. The van der Waals surface area contributed by atoms with E-state index in [2.05, 4.69) is 29.8 Å². The fourth-order valence-electron chi connectivity index (χ4n) is 3.58. The lowest BCUT2D eigenvalue weighted by Crippen LogP contribution is -2.23. The molecular weight excluding hydrogens is 292 g/mol. The summed E-state index contributed by atoms with van der Waals surface area (Å²) in [6.07, 6.45) is 6.45. The Morgan fingerprint density at radius 2 is 2.09 bits per heavy atom. The molecule has 0 aliphatic heterocycles. The van der Waals surface area contributed by atoms with E-state index < -0.39 is 0 Å². The third-order valence-electron chi connectivity index (χ3n) is 4.67. The number of amides is 1. The van der Waals surface area contributed by atoms with Gasteiger partial charge in [0.2, 0.25) is 0 Å². The van der Waals surface area contributed by atoms with Crippen molar-refractivity contribution in [3.63, 3.8) is 0 Å². The zero-order chi connectivity index (χ0) is 15.5. The van der Waals surface area contributed by atoms with Gasteiger partial charge in [-0.3, -0.25) is 4.79 Å². The Morgan fingerprint density at radius 3 is 2.77 bits per heavy atom. The van der Waals surface area contributed by atoms with E-state index in [1.165, 1.54) is 42.7 Å². The minimum atomic E-state index is 0.0450. The van der Waals surface area contributed by atoms with Crippen LogP contribution in [0.3, 0.4) is 0 Å². The zero-order valence-corrected chi connectivity index (χ0v) is 14.2. The van der Waals surface area contributed by atoms with Crippen molar-refractivity contribution in [2.24, 2.45) is 0 Å². The third kappa shape index (κ3) is 3.12. The third-order valence-corrected chi connectivity index (χ3v) is 5.55. The van der Waals surface area contributed by atoms with Gasteiger partial charge >= 0.3 is 0 Å². The van der Waals surface area contributed by atoms with Crippen LogP contribution in [0, 0.1) is 13.8 Å². The van der Waals surface area contributed by atoms with Crippen molar-refractivity contribution < 1.29 is 4.79 Å². The number of carbonyl (C=O) groups excluding carboxylic acids is 1. The largest absolute Gasteiger partial charge is 0.347 e. The van der Waals surface area contributed by atoms with Crippen LogP contribution in [-0.2, 0) is 6.54 Å². The highest BCUT2D eigenvalue weighted by atomic mass is 32.1. The minimum Gasteiger partial charge on any atom is -0.347 e. The van der Waals surface area contributed by atoms with Gasteiger partial charge in [-0.15, -0.1) is 11.3 Å². The summed E-state index contributed by atoms with van der Waals surface area (Å²) in [7, 11) is 0. The Bertz CT molecular complexity index is 636. The van der Waals surface area contributed by atoms with Gasteiger partial charge in [0.15, 0.2) is 0 Å². The van der Waals surface area contributed by atoms with Crippen LogP contribution in [0.5, 0.6) is 0 Å². The van der Waals surface area contributed by atoms with Gasteiger partial charge < -0.3 is 9.88 Å². The number of hydrogen-bond donors (Lipinski definition) is 1. The summed E-state index contributed by atoms with van der Waals surface area (Å²) in [5.74, 6) is 0.0450. The summed E-state index contributed by atoms with van der Waals surface area (Å²) in [5.41, 5.74) is 3.17. The van der Waals surface area contributed by atoms with E-state index in [-0.39, 0.29) is 5.91 Å². The highest BCUT2D eigenvalue weighted by molar-refractivity contribution is 7.09. The number of aromatic nitrogens is 1. The predicted molar refractivity (Wildman–Crippen MR) is 91.5 cm³/mol. The molecule has 0 saturated heterocycles. The van der Waals surface area contributed by atoms with Crippen LogP contribution in [-0.4, -0.2) is 10.5 Å². The molecule has 0 spiro atoms. The topological polar surface area (TPSA) is 34.0 Å².